The highest BCUT2D eigenvalue weighted by Gasteiger charge is 2.06. The second kappa shape index (κ2) is 3.38. The predicted molar refractivity (Wildman–Crippen MR) is 58.1 cm³/mol. The molecule has 2 aromatic rings. The van der Waals surface area contributed by atoms with Gasteiger partial charge in [-0.2, -0.15) is 5.10 Å². The second-order valence-corrected chi connectivity index (χ2v) is 3.76. The normalized spacial score (nSPS) is 11.1. The summed E-state index contributed by atoms with van der Waals surface area (Å²) in [6.45, 7) is 3.81. The lowest BCUT2D eigenvalue weighted by Gasteiger charge is -2.08. The lowest BCUT2D eigenvalue weighted by atomic mass is 10.2. The molecule has 4 heteroatoms. The number of hydrogen-bond donors (Lipinski definition) is 1. The van der Waals surface area contributed by atoms with Crippen LogP contribution in [0.2, 0.25) is 0 Å². The van der Waals surface area contributed by atoms with Crippen molar-refractivity contribution in [1.82, 2.24) is 9.78 Å². The Labute approximate surface area is 86.8 Å². The summed E-state index contributed by atoms with van der Waals surface area (Å²) in [5, 5.41) is 14.5. The third-order valence-corrected chi connectivity index (χ3v) is 2.28. The van der Waals surface area contributed by atoms with Crippen molar-refractivity contribution in [3.63, 3.8) is 0 Å². The molecule has 15 heavy (non-hydrogen) atoms. The molecule has 0 aliphatic rings. The summed E-state index contributed by atoms with van der Waals surface area (Å²) in [5.41, 5.74) is -0.123. The Hall–Kier alpha value is -1.84. The first-order valence-electron chi connectivity index (χ1n) is 4.80. The number of nitrogens with zero attached hydrogens (tertiary/aromatic N) is 2. The smallest absolute Gasteiger partial charge is 0.274 e. The van der Waals surface area contributed by atoms with Gasteiger partial charge in [0.25, 0.3) is 5.56 Å². The quantitative estimate of drug-likeness (QED) is 0.768. The van der Waals surface area contributed by atoms with Crippen molar-refractivity contribution in [3.8, 4) is 5.75 Å². The van der Waals surface area contributed by atoms with Crippen molar-refractivity contribution in [1.29, 1.82) is 0 Å². The van der Waals surface area contributed by atoms with Gasteiger partial charge in [-0.25, -0.2) is 4.68 Å². The number of fused-ring (bicyclic) bond motifs is 1. The van der Waals surface area contributed by atoms with Gasteiger partial charge < -0.3 is 5.11 Å². The Morgan fingerprint density at radius 3 is 2.80 bits per heavy atom. The van der Waals surface area contributed by atoms with E-state index in [4.69, 9.17) is 0 Å². The zero-order valence-electron chi connectivity index (χ0n) is 8.64. The SMILES string of the molecule is CC(C)n1ncc2cc(O)ccc2c1=O. The largest absolute Gasteiger partial charge is 0.508 e. The molecule has 0 radical (unpaired) electrons. The molecule has 0 fully saturated rings. The van der Waals surface area contributed by atoms with Crippen LogP contribution in [0.4, 0.5) is 0 Å². The number of phenols is 1. The van der Waals surface area contributed by atoms with Crippen LogP contribution in [0.15, 0.2) is 29.2 Å². The van der Waals surface area contributed by atoms with E-state index in [1.54, 1.807) is 12.3 Å². The van der Waals surface area contributed by atoms with E-state index >= 15 is 0 Å². The van der Waals surface area contributed by atoms with E-state index in [9.17, 15) is 9.90 Å². The van der Waals surface area contributed by atoms with Crippen LogP contribution in [0.1, 0.15) is 19.9 Å². The van der Waals surface area contributed by atoms with E-state index in [1.807, 2.05) is 13.8 Å². The maximum atomic E-state index is 11.9. The first-order chi connectivity index (χ1) is 7.09. The van der Waals surface area contributed by atoms with Gasteiger partial charge in [0.05, 0.1) is 17.6 Å². The van der Waals surface area contributed by atoms with E-state index in [0.29, 0.717) is 10.8 Å². The Morgan fingerprint density at radius 1 is 1.40 bits per heavy atom. The average Bonchev–Trinajstić information content (AvgIpc) is 2.17. The van der Waals surface area contributed by atoms with Crippen LogP contribution in [0.3, 0.4) is 0 Å². The van der Waals surface area contributed by atoms with Crippen LogP contribution in [0.5, 0.6) is 5.75 Å². The summed E-state index contributed by atoms with van der Waals surface area (Å²) in [7, 11) is 0. The number of hydrogen-bond acceptors (Lipinski definition) is 3. The molecular formula is C11H12N2O2. The highest BCUT2D eigenvalue weighted by Crippen LogP contribution is 2.16. The van der Waals surface area contributed by atoms with Gasteiger partial charge in [0.2, 0.25) is 0 Å². The summed E-state index contributed by atoms with van der Waals surface area (Å²) in [6, 6.07) is 4.70. The fraction of sp³-hybridized carbons (Fsp3) is 0.273. The van der Waals surface area contributed by atoms with E-state index < -0.39 is 0 Å². The molecule has 0 amide bonds. The van der Waals surface area contributed by atoms with Gasteiger partial charge in [0, 0.05) is 5.39 Å². The Bertz CT molecular complexity index is 558. The Kier molecular flexibility index (Phi) is 2.19. The third-order valence-electron chi connectivity index (χ3n) is 2.28. The summed E-state index contributed by atoms with van der Waals surface area (Å²) in [4.78, 5) is 11.9. The van der Waals surface area contributed by atoms with Crippen LogP contribution in [-0.4, -0.2) is 14.9 Å². The van der Waals surface area contributed by atoms with Gasteiger partial charge >= 0.3 is 0 Å². The lowest BCUT2D eigenvalue weighted by molar-refractivity contribution is 0.475. The first-order valence-corrected chi connectivity index (χ1v) is 4.80. The maximum Gasteiger partial charge on any atom is 0.274 e. The summed E-state index contributed by atoms with van der Waals surface area (Å²) in [5.74, 6) is 0.144. The number of aromatic hydroxyl groups is 1. The molecule has 1 aromatic heterocycles. The minimum Gasteiger partial charge on any atom is -0.508 e. The molecule has 0 saturated carbocycles. The van der Waals surface area contributed by atoms with Crippen molar-refractivity contribution in [2.75, 3.05) is 0 Å². The minimum absolute atomic E-state index is 0.0377. The molecule has 1 heterocycles. The number of aromatic nitrogens is 2. The average molecular weight is 204 g/mol. The molecule has 0 aliphatic heterocycles. The maximum absolute atomic E-state index is 11.9. The van der Waals surface area contributed by atoms with Crippen molar-refractivity contribution in [3.05, 3.63) is 34.7 Å². The van der Waals surface area contributed by atoms with Crippen LogP contribution in [0, 0.1) is 0 Å². The van der Waals surface area contributed by atoms with E-state index in [2.05, 4.69) is 5.10 Å². The van der Waals surface area contributed by atoms with Gasteiger partial charge in [-0.15, -0.1) is 0 Å². The highest BCUT2D eigenvalue weighted by atomic mass is 16.3. The molecule has 0 bridgehead atoms. The van der Waals surface area contributed by atoms with Crippen LogP contribution in [-0.2, 0) is 0 Å². The summed E-state index contributed by atoms with van der Waals surface area (Å²) < 4.78 is 1.43. The van der Waals surface area contributed by atoms with E-state index in [0.717, 1.165) is 0 Å². The molecule has 0 saturated heterocycles. The van der Waals surface area contributed by atoms with Gasteiger partial charge in [0.1, 0.15) is 5.75 Å². The van der Waals surface area contributed by atoms with E-state index in [-0.39, 0.29) is 17.4 Å². The predicted octanol–water partition coefficient (Wildman–Crippen LogP) is 1.68. The van der Waals surface area contributed by atoms with Crippen LogP contribution in [0.25, 0.3) is 10.8 Å². The first kappa shape index (κ1) is 9.71. The molecule has 0 unspecified atom stereocenters. The van der Waals surface area contributed by atoms with Crippen molar-refractivity contribution >= 4 is 10.8 Å². The van der Waals surface area contributed by atoms with Crippen LogP contribution < -0.4 is 5.56 Å². The molecule has 1 N–H and O–H groups in total. The minimum atomic E-state index is -0.123. The number of phenolic OH excluding ortho intramolecular Hbond substituents is 1. The standard InChI is InChI=1S/C11H12N2O2/c1-7(2)13-11(15)10-4-3-9(14)5-8(10)6-12-13/h3-7,14H,1-2H3. The lowest BCUT2D eigenvalue weighted by Crippen LogP contribution is -2.24. The Morgan fingerprint density at radius 2 is 2.13 bits per heavy atom. The van der Waals surface area contributed by atoms with Crippen molar-refractivity contribution in [2.45, 2.75) is 19.9 Å². The van der Waals surface area contributed by atoms with Gasteiger partial charge in [-0.1, -0.05) is 0 Å². The van der Waals surface area contributed by atoms with Crippen molar-refractivity contribution < 1.29 is 5.11 Å². The van der Waals surface area contributed by atoms with Gasteiger partial charge in [-0.3, -0.25) is 4.79 Å². The summed E-state index contributed by atoms with van der Waals surface area (Å²) in [6.07, 6.45) is 1.59. The molecule has 2 rings (SSSR count). The van der Waals surface area contributed by atoms with Crippen LogP contribution >= 0.6 is 0 Å². The molecule has 0 aliphatic carbocycles. The fourth-order valence-corrected chi connectivity index (χ4v) is 1.52. The van der Waals surface area contributed by atoms with Gasteiger partial charge in [-0.05, 0) is 32.0 Å². The van der Waals surface area contributed by atoms with Gasteiger partial charge in [0.15, 0.2) is 0 Å². The topological polar surface area (TPSA) is 55.1 Å². The molecule has 1 aromatic carbocycles. The zero-order valence-corrected chi connectivity index (χ0v) is 8.64. The van der Waals surface area contributed by atoms with Crippen molar-refractivity contribution in [2.24, 2.45) is 0 Å². The highest BCUT2D eigenvalue weighted by molar-refractivity contribution is 5.81. The fourth-order valence-electron chi connectivity index (χ4n) is 1.52. The van der Waals surface area contributed by atoms with E-state index in [1.165, 1.54) is 16.8 Å². The molecule has 78 valence electrons. The Balaban J connectivity index is 2.80. The number of rotatable bonds is 1. The molecule has 0 atom stereocenters. The monoisotopic (exact) mass is 204 g/mol. The summed E-state index contributed by atoms with van der Waals surface area (Å²) >= 11 is 0. The molecule has 4 nitrogen and oxygen atoms in total. The number of benzene rings is 1. The molecule has 0 spiro atoms. The zero-order chi connectivity index (χ0) is 11.0. The molecular weight excluding hydrogens is 192 g/mol. The third kappa shape index (κ3) is 1.58. The second-order valence-electron chi connectivity index (χ2n) is 3.76.